The molecule has 0 spiro atoms. The van der Waals surface area contributed by atoms with Gasteiger partial charge in [-0.1, -0.05) is 36.4 Å². The summed E-state index contributed by atoms with van der Waals surface area (Å²) in [6, 6.07) is 17.4. The highest BCUT2D eigenvalue weighted by molar-refractivity contribution is 5.93. The Hall–Kier alpha value is -3.21. The second-order valence-electron chi connectivity index (χ2n) is 6.14. The average molecular weight is 349 g/mol. The molecule has 0 fully saturated rings. The van der Waals surface area contributed by atoms with Crippen LogP contribution >= 0.6 is 0 Å². The Morgan fingerprint density at radius 1 is 0.885 bits per heavy atom. The third-order valence-corrected chi connectivity index (χ3v) is 4.25. The van der Waals surface area contributed by atoms with Gasteiger partial charge in [0.1, 0.15) is 19.5 Å². The number of hydrogen-bond acceptors (Lipinski definition) is 4. The van der Waals surface area contributed by atoms with Crippen molar-refractivity contribution in [3.8, 4) is 11.5 Å². The SMILES string of the molecule is O=C(c1ccoc1)N(Cc1ccccc1)Cc1ccc2c(c1)OCCO2. The molecule has 0 unspecified atom stereocenters. The first kappa shape index (κ1) is 16.3. The Balaban J connectivity index is 1.59. The lowest BCUT2D eigenvalue weighted by molar-refractivity contribution is 0.0729. The molecule has 0 saturated carbocycles. The van der Waals surface area contributed by atoms with Crippen molar-refractivity contribution in [2.75, 3.05) is 13.2 Å². The first-order chi connectivity index (χ1) is 12.8. The van der Waals surface area contributed by atoms with Gasteiger partial charge in [-0.2, -0.15) is 0 Å². The highest BCUT2D eigenvalue weighted by Crippen LogP contribution is 2.31. The topological polar surface area (TPSA) is 51.9 Å². The smallest absolute Gasteiger partial charge is 0.257 e. The van der Waals surface area contributed by atoms with Crippen LogP contribution in [0.4, 0.5) is 0 Å². The van der Waals surface area contributed by atoms with Gasteiger partial charge in [0, 0.05) is 13.1 Å². The van der Waals surface area contributed by atoms with Gasteiger partial charge in [0.25, 0.3) is 5.91 Å². The van der Waals surface area contributed by atoms with Gasteiger partial charge in [0.05, 0.1) is 11.8 Å². The van der Waals surface area contributed by atoms with Crippen LogP contribution in [0.2, 0.25) is 0 Å². The van der Waals surface area contributed by atoms with E-state index in [-0.39, 0.29) is 5.91 Å². The summed E-state index contributed by atoms with van der Waals surface area (Å²) >= 11 is 0. The van der Waals surface area contributed by atoms with Crippen molar-refractivity contribution < 1.29 is 18.7 Å². The summed E-state index contributed by atoms with van der Waals surface area (Å²) < 4.78 is 16.3. The van der Waals surface area contributed by atoms with Crippen molar-refractivity contribution in [3.05, 3.63) is 83.8 Å². The lowest BCUT2D eigenvalue weighted by atomic mass is 10.1. The number of nitrogens with zero attached hydrogens (tertiary/aromatic N) is 1. The molecule has 1 aromatic heterocycles. The number of benzene rings is 2. The van der Waals surface area contributed by atoms with Gasteiger partial charge >= 0.3 is 0 Å². The summed E-state index contributed by atoms with van der Waals surface area (Å²) in [4.78, 5) is 14.7. The van der Waals surface area contributed by atoms with E-state index in [4.69, 9.17) is 13.9 Å². The lowest BCUT2D eigenvalue weighted by Gasteiger charge is -2.24. The van der Waals surface area contributed by atoms with E-state index in [1.165, 1.54) is 12.5 Å². The highest BCUT2D eigenvalue weighted by atomic mass is 16.6. The van der Waals surface area contributed by atoms with Crippen molar-refractivity contribution >= 4 is 5.91 Å². The standard InChI is InChI=1S/C21H19NO4/c23-21(18-8-9-24-15-18)22(13-16-4-2-1-3-5-16)14-17-6-7-19-20(12-17)26-11-10-25-19/h1-9,12,15H,10-11,13-14H2. The molecule has 1 amide bonds. The van der Waals surface area contributed by atoms with E-state index in [9.17, 15) is 4.79 Å². The monoisotopic (exact) mass is 349 g/mol. The molecule has 5 heteroatoms. The Kier molecular flexibility index (Phi) is 4.60. The number of ether oxygens (including phenoxy) is 2. The molecule has 3 aromatic rings. The molecule has 0 bridgehead atoms. The molecule has 0 aliphatic carbocycles. The Labute approximate surface area is 151 Å². The number of amides is 1. The number of furan rings is 1. The fraction of sp³-hybridized carbons (Fsp3) is 0.190. The first-order valence-electron chi connectivity index (χ1n) is 8.53. The van der Waals surface area contributed by atoms with E-state index >= 15 is 0 Å². The van der Waals surface area contributed by atoms with Crippen LogP contribution < -0.4 is 9.47 Å². The summed E-state index contributed by atoms with van der Waals surface area (Å²) in [5.41, 5.74) is 2.60. The van der Waals surface area contributed by atoms with Gasteiger partial charge in [-0.15, -0.1) is 0 Å². The molecule has 0 N–H and O–H groups in total. The maximum absolute atomic E-state index is 12.9. The van der Waals surface area contributed by atoms with Gasteiger partial charge in [0.2, 0.25) is 0 Å². The van der Waals surface area contributed by atoms with E-state index in [1.54, 1.807) is 11.0 Å². The first-order valence-corrected chi connectivity index (χ1v) is 8.53. The summed E-state index contributed by atoms with van der Waals surface area (Å²) in [5.74, 6) is 1.40. The highest BCUT2D eigenvalue weighted by Gasteiger charge is 2.19. The minimum Gasteiger partial charge on any atom is -0.486 e. The second kappa shape index (κ2) is 7.35. The third kappa shape index (κ3) is 3.57. The molecule has 132 valence electrons. The molecule has 0 radical (unpaired) electrons. The molecule has 4 rings (SSSR count). The fourth-order valence-corrected chi connectivity index (χ4v) is 2.98. The fourth-order valence-electron chi connectivity index (χ4n) is 2.98. The van der Waals surface area contributed by atoms with Crippen molar-refractivity contribution in [1.29, 1.82) is 0 Å². The zero-order valence-electron chi connectivity index (χ0n) is 14.3. The van der Waals surface area contributed by atoms with E-state index in [2.05, 4.69) is 0 Å². The van der Waals surface area contributed by atoms with Crippen LogP contribution in [-0.2, 0) is 13.1 Å². The summed E-state index contributed by atoms with van der Waals surface area (Å²) in [7, 11) is 0. The van der Waals surface area contributed by atoms with Crippen molar-refractivity contribution in [1.82, 2.24) is 4.90 Å². The van der Waals surface area contributed by atoms with E-state index in [0.717, 1.165) is 22.6 Å². The maximum atomic E-state index is 12.9. The third-order valence-electron chi connectivity index (χ3n) is 4.25. The summed E-state index contributed by atoms with van der Waals surface area (Å²) in [6.07, 6.45) is 2.99. The molecule has 26 heavy (non-hydrogen) atoms. The van der Waals surface area contributed by atoms with Gasteiger partial charge in [0.15, 0.2) is 11.5 Å². The number of hydrogen-bond donors (Lipinski definition) is 0. The minimum absolute atomic E-state index is 0.0718. The van der Waals surface area contributed by atoms with Gasteiger partial charge < -0.3 is 18.8 Å². The van der Waals surface area contributed by atoms with Crippen molar-refractivity contribution in [2.24, 2.45) is 0 Å². The van der Waals surface area contributed by atoms with Crippen LogP contribution in [0.15, 0.2) is 71.5 Å². The molecule has 1 aliphatic heterocycles. The predicted octanol–water partition coefficient (Wildman–Crippen LogP) is 3.89. The molecule has 0 saturated heterocycles. The number of carbonyl (C=O) groups excluding carboxylic acids is 1. The maximum Gasteiger partial charge on any atom is 0.257 e. The number of rotatable bonds is 5. The van der Waals surface area contributed by atoms with Gasteiger partial charge in [-0.3, -0.25) is 4.79 Å². The molecular weight excluding hydrogens is 330 g/mol. The molecule has 2 aromatic carbocycles. The molecule has 1 aliphatic rings. The van der Waals surface area contributed by atoms with Crippen LogP contribution in [-0.4, -0.2) is 24.0 Å². The predicted molar refractivity (Wildman–Crippen MR) is 96.2 cm³/mol. The Morgan fingerprint density at radius 2 is 1.65 bits per heavy atom. The second-order valence-corrected chi connectivity index (χ2v) is 6.14. The Morgan fingerprint density at radius 3 is 2.42 bits per heavy atom. The minimum atomic E-state index is -0.0718. The summed E-state index contributed by atoms with van der Waals surface area (Å²) in [6.45, 7) is 2.08. The van der Waals surface area contributed by atoms with Crippen molar-refractivity contribution in [3.63, 3.8) is 0 Å². The van der Waals surface area contributed by atoms with Gasteiger partial charge in [-0.05, 0) is 29.3 Å². The number of fused-ring (bicyclic) bond motifs is 1. The average Bonchev–Trinajstić information content (AvgIpc) is 3.22. The molecule has 0 atom stereocenters. The van der Waals surface area contributed by atoms with Crippen LogP contribution in [0.5, 0.6) is 11.5 Å². The van der Waals surface area contributed by atoms with Crippen LogP contribution in [0.3, 0.4) is 0 Å². The molecular formula is C21H19NO4. The zero-order valence-corrected chi connectivity index (χ0v) is 14.3. The van der Waals surface area contributed by atoms with E-state index < -0.39 is 0 Å². The van der Waals surface area contributed by atoms with E-state index in [1.807, 2.05) is 48.5 Å². The largest absolute Gasteiger partial charge is 0.486 e. The van der Waals surface area contributed by atoms with Crippen LogP contribution in [0.25, 0.3) is 0 Å². The van der Waals surface area contributed by atoms with E-state index in [0.29, 0.717) is 31.9 Å². The van der Waals surface area contributed by atoms with Crippen LogP contribution in [0.1, 0.15) is 21.5 Å². The van der Waals surface area contributed by atoms with Crippen molar-refractivity contribution in [2.45, 2.75) is 13.1 Å². The number of carbonyl (C=O) groups is 1. The zero-order chi connectivity index (χ0) is 17.8. The molecule has 2 heterocycles. The quantitative estimate of drug-likeness (QED) is 0.701. The van der Waals surface area contributed by atoms with Gasteiger partial charge in [-0.25, -0.2) is 0 Å². The summed E-state index contributed by atoms with van der Waals surface area (Å²) in [5, 5.41) is 0. The lowest BCUT2D eigenvalue weighted by Crippen LogP contribution is -2.30. The Bertz CT molecular complexity index is 874. The molecule has 5 nitrogen and oxygen atoms in total. The normalized spacial score (nSPS) is 12.6. The van der Waals surface area contributed by atoms with Crippen LogP contribution in [0, 0.1) is 0 Å².